The molecule has 0 amide bonds. The molecule has 0 spiro atoms. The maximum Gasteiger partial charge on any atom is 0.193 e. The highest BCUT2D eigenvalue weighted by Crippen LogP contribution is 2.20. The molecule has 3 rings (SSSR count). The molecule has 1 unspecified atom stereocenters. The van der Waals surface area contributed by atoms with Gasteiger partial charge in [-0.1, -0.05) is 6.07 Å². The van der Waals surface area contributed by atoms with Gasteiger partial charge in [0.1, 0.15) is 5.82 Å². The van der Waals surface area contributed by atoms with Gasteiger partial charge in [-0.3, -0.25) is 4.99 Å². The smallest absolute Gasteiger partial charge is 0.193 e. The molecule has 0 saturated carbocycles. The molecule has 1 aromatic rings. The van der Waals surface area contributed by atoms with Gasteiger partial charge in [-0.05, 0) is 71.9 Å². The van der Waals surface area contributed by atoms with E-state index >= 15 is 0 Å². The third kappa shape index (κ3) is 5.79. The molecule has 0 aromatic heterocycles. The SMILES string of the molecule is CN=C(NCc1ccc(Br)c(F)c1)N1CCC(CN2CCCC2)C1.I. The monoisotopic (exact) mass is 524 g/mol. The number of halogens is 3. The molecule has 25 heavy (non-hydrogen) atoms. The number of nitrogens with one attached hydrogen (secondary N) is 1. The van der Waals surface area contributed by atoms with Crippen LogP contribution in [-0.2, 0) is 6.54 Å². The summed E-state index contributed by atoms with van der Waals surface area (Å²) in [4.78, 5) is 9.33. The molecule has 7 heteroatoms. The molecule has 1 atom stereocenters. The largest absolute Gasteiger partial charge is 0.352 e. The van der Waals surface area contributed by atoms with Crippen molar-refractivity contribution in [2.75, 3.05) is 39.8 Å². The van der Waals surface area contributed by atoms with Gasteiger partial charge in [0, 0.05) is 33.2 Å². The number of likely N-dealkylation sites (tertiary alicyclic amines) is 2. The molecule has 2 saturated heterocycles. The Morgan fingerprint density at radius 3 is 2.76 bits per heavy atom. The number of nitrogens with zero attached hydrogens (tertiary/aromatic N) is 3. The lowest BCUT2D eigenvalue weighted by atomic mass is 10.1. The lowest BCUT2D eigenvalue weighted by molar-refractivity contribution is 0.281. The third-order valence-electron chi connectivity index (χ3n) is 4.95. The minimum absolute atomic E-state index is 0. The molecule has 2 aliphatic heterocycles. The van der Waals surface area contributed by atoms with Crippen molar-refractivity contribution >= 4 is 45.9 Å². The first-order valence-electron chi connectivity index (χ1n) is 8.77. The van der Waals surface area contributed by atoms with Crippen LogP contribution in [0, 0.1) is 11.7 Å². The molecule has 0 aliphatic carbocycles. The average Bonchev–Trinajstić information content (AvgIpc) is 3.24. The second-order valence-corrected chi connectivity index (χ2v) is 7.61. The zero-order valence-corrected chi connectivity index (χ0v) is 18.6. The Bertz CT molecular complexity index is 592. The molecular formula is C18H27BrFIN4. The fourth-order valence-electron chi connectivity index (χ4n) is 3.67. The zero-order chi connectivity index (χ0) is 16.9. The average molecular weight is 525 g/mol. The van der Waals surface area contributed by atoms with Gasteiger partial charge in [0.25, 0.3) is 0 Å². The van der Waals surface area contributed by atoms with Crippen LogP contribution in [-0.4, -0.2) is 55.5 Å². The van der Waals surface area contributed by atoms with Crippen molar-refractivity contribution in [2.45, 2.75) is 25.8 Å². The molecule has 4 nitrogen and oxygen atoms in total. The predicted molar refractivity (Wildman–Crippen MR) is 115 cm³/mol. The quantitative estimate of drug-likeness (QED) is 0.370. The highest BCUT2D eigenvalue weighted by molar-refractivity contribution is 14.0. The second-order valence-electron chi connectivity index (χ2n) is 6.76. The van der Waals surface area contributed by atoms with E-state index < -0.39 is 0 Å². The molecule has 0 radical (unpaired) electrons. The van der Waals surface area contributed by atoms with Crippen LogP contribution >= 0.6 is 39.9 Å². The summed E-state index contributed by atoms with van der Waals surface area (Å²) in [6.45, 7) is 6.44. The molecule has 2 aliphatic rings. The third-order valence-corrected chi connectivity index (χ3v) is 5.59. The molecule has 1 aromatic carbocycles. The molecular weight excluding hydrogens is 498 g/mol. The number of aliphatic imine (C=N–C) groups is 1. The first kappa shape index (κ1) is 20.9. The van der Waals surface area contributed by atoms with Crippen LogP contribution < -0.4 is 5.32 Å². The van der Waals surface area contributed by atoms with E-state index in [-0.39, 0.29) is 29.8 Å². The maximum absolute atomic E-state index is 13.6. The van der Waals surface area contributed by atoms with E-state index in [0.29, 0.717) is 11.0 Å². The van der Waals surface area contributed by atoms with Crippen LogP contribution in [0.15, 0.2) is 27.7 Å². The Morgan fingerprint density at radius 2 is 2.08 bits per heavy atom. The van der Waals surface area contributed by atoms with Crippen molar-refractivity contribution in [3.63, 3.8) is 0 Å². The van der Waals surface area contributed by atoms with Crippen molar-refractivity contribution in [1.29, 1.82) is 0 Å². The van der Waals surface area contributed by atoms with Gasteiger partial charge in [-0.25, -0.2) is 4.39 Å². The summed E-state index contributed by atoms with van der Waals surface area (Å²) in [6, 6.07) is 5.23. The minimum atomic E-state index is -0.226. The van der Waals surface area contributed by atoms with Crippen molar-refractivity contribution in [3.05, 3.63) is 34.1 Å². The Kier molecular flexibility index (Phi) is 8.41. The standard InChI is InChI=1S/C18H26BrFN4.HI/c1-21-18(22-11-14-4-5-16(19)17(20)10-14)24-9-6-15(13-24)12-23-7-2-3-8-23;/h4-5,10,15H,2-3,6-9,11-13H2,1H3,(H,21,22);1H. The van der Waals surface area contributed by atoms with Gasteiger partial charge in [0.15, 0.2) is 5.96 Å². The Balaban J connectivity index is 0.00000225. The number of rotatable bonds is 4. The first-order chi connectivity index (χ1) is 11.7. The van der Waals surface area contributed by atoms with Crippen LogP contribution in [0.4, 0.5) is 4.39 Å². The molecule has 1 N–H and O–H groups in total. The van der Waals surface area contributed by atoms with Crippen LogP contribution in [0.2, 0.25) is 0 Å². The van der Waals surface area contributed by atoms with Crippen LogP contribution in [0.3, 0.4) is 0 Å². The van der Waals surface area contributed by atoms with Gasteiger partial charge >= 0.3 is 0 Å². The second kappa shape index (κ2) is 10.1. The van der Waals surface area contributed by atoms with Gasteiger partial charge in [0.05, 0.1) is 4.47 Å². The van der Waals surface area contributed by atoms with E-state index in [0.717, 1.165) is 30.5 Å². The lowest BCUT2D eigenvalue weighted by Gasteiger charge is -2.23. The first-order valence-corrected chi connectivity index (χ1v) is 9.57. The molecule has 140 valence electrons. The summed E-state index contributed by atoms with van der Waals surface area (Å²) >= 11 is 3.19. The molecule has 0 bridgehead atoms. The highest BCUT2D eigenvalue weighted by atomic mass is 127. The van der Waals surface area contributed by atoms with Gasteiger partial charge in [-0.15, -0.1) is 24.0 Å². The predicted octanol–water partition coefficient (Wildman–Crippen LogP) is 3.70. The summed E-state index contributed by atoms with van der Waals surface area (Å²) < 4.78 is 14.1. The number of guanidine groups is 1. The Labute approximate surface area is 175 Å². The fraction of sp³-hybridized carbons (Fsp3) is 0.611. The van der Waals surface area contributed by atoms with E-state index in [1.165, 1.54) is 38.9 Å². The van der Waals surface area contributed by atoms with E-state index in [2.05, 4.69) is 36.0 Å². The highest BCUT2D eigenvalue weighted by Gasteiger charge is 2.27. The zero-order valence-electron chi connectivity index (χ0n) is 14.7. The van der Waals surface area contributed by atoms with E-state index in [1.807, 2.05) is 13.1 Å². The van der Waals surface area contributed by atoms with E-state index in [4.69, 9.17) is 0 Å². The van der Waals surface area contributed by atoms with Crippen LogP contribution in [0.25, 0.3) is 0 Å². The van der Waals surface area contributed by atoms with E-state index in [9.17, 15) is 4.39 Å². The summed E-state index contributed by atoms with van der Waals surface area (Å²) in [5, 5.41) is 3.37. The molecule has 2 heterocycles. The topological polar surface area (TPSA) is 30.9 Å². The summed E-state index contributed by atoms with van der Waals surface area (Å²) in [7, 11) is 1.82. The van der Waals surface area contributed by atoms with Crippen molar-refractivity contribution in [2.24, 2.45) is 10.9 Å². The molecule has 2 fully saturated rings. The summed E-state index contributed by atoms with van der Waals surface area (Å²) in [5.41, 5.74) is 0.921. The van der Waals surface area contributed by atoms with E-state index in [1.54, 1.807) is 12.1 Å². The van der Waals surface area contributed by atoms with Crippen LogP contribution in [0.1, 0.15) is 24.8 Å². The normalized spacial score (nSPS) is 21.5. The number of hydrogen-bond donors (Lipinski definition) is 1. The van der Waals surface area contributed by atoms with Crippen LogP contribution in [0.5, 0.6) is 0 Å². The van der Waals surface area contributed by atoms with Gasteiger partial charge < -0.3 is 15.1 Å². The number of benzene rings is 1. The van der Waals surface area contributed by atoms with Crippen molar-refractivity contribution in [3.8, 4) is 0 Å². The Morgan fingerprint density at radius 1 is 1.32 bits per heavy atom. The van der Waals surface area contributed by atoms with Crippen molar-refractivity contribution < 1.29 is 4.39 Å². The fourth-order valence-corrected chi connectivity index (χ4v) is 3.91. The summed E-state index contributed by atoms with van der Waals surface area (Å²) in [6.07, 6.45) is 3.93. The number of hydrogen-bond acceptors (Lipinski definition) is 2. The van der Waals surface area contributed by atoms with Gasteiger partial charge in [0.2, 0.25) is 0 Å². The Hall–Kier alpha value is -0.410. The van der Waals surface area contributed by atoms with Gasteiger partial charge in [-0.2, -0.15) is 0 Å². The minimum Gasteiger partial charge on any atom is -0.352 e. The maximum atomic E-state index is 13.6. The lowest BCUT2D eigenvalue weighted by Crippen LogP contribution is -2.40. The summed E-state index contributed by atoms with van der Waals surface area (Å²) in [5.74, 6) is 1.42. The van der Waals surface area contributed by atoms with Crippen molar-refractivity contribution in [1.82, 2.24) is 15.1 Å².